The first-order valence-corrected chi connectivity index (χ1v) is 7.96. The van der Waals surface area contributed by atoms with Crippen molar-refractivity contribution in [2.75, 3.05) is 7.05 Å². The number of hydrogen-bond acceptors (Lipinski definition) is 2. The zero-order chi connectivity index (χ0) is 14.1. The van der Waals surface area contributed by atoms with E-state index in [4.69, 9.17) is 0 Å². The fourth-order valence-electron chi connectivity index (χ4n) is 2.44. The van der Waals surface area contributed by atoms with E-state index in [1.807, 2.05) is 19.2 Å². The van der Waals surface area contributed by atoms with Crippen LogP contribution in [-0.2, 0) is 0 Å². The molecular formula is C16H13BrFNS. The number of nitrogens with one attached hydrogen (secondary N) is 1. The summed E-state index contributed by atoms with van der Waals surface area (Å²) in [6, 6.07) is 13.6. The zero-order valence-corrected chi connectivity index (χ0v) is 13.3. The SMILES string of the molecule is CNC(c1ccc(F)c(Br)c1)c1cccc2ccsc12. The molecule has 0 saturated carbocycles. The molecule has 0 fully saturated rings. The summed E-state index contributed by atoms with van der Waals surface area (Å²) in [6.07, 6.45) is 0. The van der Waals surface area contributed by atoms with E-state index in [9.17, 15) is 4.39 Å². The van der Waals surface area contributed by atoms with Gasteiger partial charge in [0, 0.05) is 4.70 Å². The molecule has 1 heterocycles. The van der Waals surface area contributed by atoms with Gasteiger partial charge in [0.2, 0.25) is 0 Å². The summed E-state index contributed by atoms with van der Waals surface area (Å²) in [5, 5.41) is 6.67. The number of thiophene rings is 1. The van der Waals surface area contributed by atoms with E-state index in [0.717, 1.165) is 5.56 Å². The molecule has 2 aromatic carbocycles. The molecule has 0 radical (unpaired) electrons. The second-order valence-corrected chi connectivity index (χ2v) is 6.35. The van der Waals surface area contributed by atoms with Gasteiger partial charge >= 0.3 is 0 Å². The predicted octanol–water partition coefficient (Wildman–Crippen LogP) is 5.11. The van der Waals surface area contributed by atoms with Crippen molar-refractivity contribution in [1.82, 2.24) is 5.32 Å². The van der Waals surface area contributed by atoms with Gasteiger partial charge in [-0.15, -0.1) is 11.3 Å². The largest absolute Gasteiger partial charge is 0.309 e. The molecule has 0 spiro atoms. The molecule has 0 amide bonds. The summed E-state index contributed by atoms with van der Waals surface area (Å²) < 4.78 is 15.2. The molecule has 3 rings (SSSR count). The molecule has 1 aromatic heterocycles. The monoisotopic (exact) mass is 349 g/mol. The molecule has 4 heteroatoms. The first-order chi connectivity index (χ1) is 9.70. The van der Waals surface area contributed by atoms with Crippen LogP contribution in [0.2, 0.25) is 0 Å². The van der Waals surface area contributed by atoms with Gasteiger partial charge in [0.05, 0.1) is 10.5 Å². The summed E-state index contributed by atoms with van der Waals surface area (Å²) >= 11 is 4.99. The van der Waals surface area contributed by atoms with Crippen LogP contribution in [0.1, 0.15) is 17.2 Å². The van der Waals surface area contributed by atoms with Gasteiger partial charge in [-0.25, -0.2) is 4.39 Å². The number of fused-ring (bicyclic) bond motifs is 1. The third-order valence-corrected chi connectivity index (χ3v) is 4.97. The van der Waals surface area contributed by atoms with E-state index in [0.29, 0.717) is 4.47 Å². The number of benzene rings is 2. The molecule has 0 aliphatic heterocycles. The van der Waals surface area contributed by atoms with E-state index in [1.54, 1.807) is 11.3 Å². The van der Waals surface area contributed by atoms with Crippen LogP contribution in [0.5, 0.6) is 0 Å². The van der Waals surface area contributed by atoms with E-state index in [-0.39, 0.29) is 11.9 Å². The number of rotatable bonds is 3. The fraction of sp³-hybridized carbons (Fsp3) is 0.125. The summed E-state index contributed by atoms with van der Waals surface area (Å²) in [5.74, 6) is -0.238. The van der Waals surface area contributed by atoms with E-state index in [2.05, 4.69) is 50.9 Å². The lowest BCUT2D eigenvalue weighted by atomic mass is 9.98. The predicted molar refractivity (Wildman–Crippen MR) is 86.8 cm³/mol. The van der Waals surface area contributed by atoms with Gasteiger partial charge in [-0.2, -0.15) is 0 Å². The molecule has 0 aliphatic rings. The Labute approximate surface area is 129 Å². The topological polar surface area (TPSA) is 12.0 Å². The van der Waals surface area contributed by atoms with Crippen molar-refractivity contribution in [2.24, 2.45) is 0 Å². The van der Waals surface area contributed by atoms with Gasteiger partial charge in [-0.3, -0.25) is 0 Å². The van der Waals surface area contributed by atoms with E-state index >= 15 is 0 Å². The second kappa shape index (κ2) is 5.64. The highest BCUT2D eigenvalue weighted by Gasteiger charge is 2.16. The normalized spacial score (nSPS) is 12.8. The molecule has 1 nitrogen and oxygen atoms in total. The van der Waals surface area contributed by atoms with Crippen molar-refractivity contribution in [3.63, 3.8) is 0 Å². The Bertz CT molecular complexity index is 753. The highest BCUT2D eigenvalue weighted by Crippen LogP contribution is 2.33. The third kappa shape index (κ3) is 2.39. The lowest BCUT2D eigenvalue weighted by Gasteiger charge is -2.18. The third-order valence-electron chi connectivity index (χ3n) is 3.39. The highest BCUT2D eigenvalue weighted by molar-refractivity contribution is 9.10. The first-order valence-electron chi connectivity index (χ1n) is 6.29. The lowest BCUT2D eigenvalue weighted by Crippen LogP contribution is -2.17. The quantitative estimate of drug-likeness (QED) is 0.692. The van der Waals surface area contributed by atoms with E-state index in [1.165, 1.54) is 21.7 Å². The molecule has 3 aromatic rings. The summed E-state index contributed by atoms with van der Waals surface area (Å²) in [5.41, 5.74) is 2.26. The molecule has 1 N–H and O–H groups in total. The van der Waals surface area contributed by atoms with Crippen LogP contribution in [-0.4, -0.2) is 7.05 Å². The van der Waals surface area contributed by atoms with Gasteiger partial charge < -0.3 is 5.32 Å². The second-order valence-electron chi connectivity index (χ2n) is 4.58. The first kappa shape index (κ1) is 13.7. The maximum Gasteiger partial charge on any atom is 0.137 e. The molecule has 0 saturated heterocycles. The van der Waals surface area contributed by atoms with Crippen molar-refractivity contribution in [3.05, 3.63) is 69.3 Å². The summed E-state index contributed by atoms with van der Waals surface area (Å²) in [6.45, 7) is 0. The smallest absolute Gasteiger partial charge is 0.137 e. The molecular weight excluding hydrogens is 337 g/mol. The maximum absolute atomic E-state index is 13.4. The summed E-state index contributed by atoms with van der Waals surface area (Å²) in [7, 11) is 1.92. The lowest BCUT2D eigenvalue weighted by molar-refractivity contribution is 0.617. The van der Waals surface area contributed by atoms with Gasteiger partial charge in [0.25, 0.3) is 0 Å². The van der Waals surface area contributed by atoms with E-state index < -0.39 is 0 Å². The number of hydrogen-bond donors (Lipinski definition) is 1. The minimum absolute atomic E-state index is 0.0502. The van der Waals surface area contributed by atoms with Crippen molar-refractivity contribution >= 4 is 37.4 Å². The molecule has 1 atom stereocenters. The minimum atomic E-state index is -0.238. The van der Waals surface area contributed by atoms with Crippen molar-refractivity contribution in [2.45, 2.75) is 6.04 Å². The fourth-order valence-corrected chi connectivity index (χ4v) is 3.78. The van der Waals surface area contributed by atoms with Crippen molar-refractivity contribution in [3.8, 4) is 0 Å². The van der Waals surface area contributed by atoms with Crippen LogP contribution in [0.25, 0.3) is 10.1 Å². The minimum Gasteiger partial charge on any atom is -0.309 e. The molecule has 0 aliphatic carbocycles. The average Bonchev–Trinajstić information content (AvgIpc) is 2.93. The van der Waals surface area contributed by atoms with Crippen LogP contribution in [0, 0.1) is 5.82 Å². The van der Waals surface area contributed by atoms with Crippen LogP contribution in [0.4, 0.5) is 4.39 Å². The Balaban J connectivity index is 2.13. The van der Waals surface area contributed by atoms with Crippen LogP contribution in [0.3, 0.4) is 0 Å². The zero-order valence-electron chi connectivity index (χ0n) is 10.9. The van der Waals surface area contributed by atoms with Gasteiger partial charge in [-0.05, 0) is 63.1 Å². The molecule has 20 heavy (non-hydrogen) atoms. The number of halogens is 2. The van der Waals surface area contributed by atoms with Crippen LogP contribution < -0.4 is 5.32 Å². The highest BCUT2D eigenvalue weighted by atomic mass is 79.9. The Kier molecular flexibility index (Phi) is 3.87. The van der Waals surface area contributed by atoms with Crippen molar-refractivity contribution in [1.29, 1.82) is 0 Å². The van der Waals surface area contributed by atoms with Gasteiger partial charge in [0.1, 0.15) is 5.82 Å². The van der Waals surface area contributed by atoms with Gasteiger partial charge in [-0.1, -0.05) is 24.3 Å². The molecule has 1 unspecified atom stereocenters. The Morgan fingerprint density at radius 3 is 2.80 bits per heavy atom. The average molecular weight is 350 g/mol. The maximum atomic E-state index is 13.4. The molecule has 102 valence electrons. The summed E-state index contributed by atoms with van der Waals surface area (Å²) in [4.78, 5) is 0. The van der Waals surface area contributed by atoms with Crippen LogP contribution >= 0.6 is 27.3 Å². The molecule has 0 bridgehead atoms. The van der Waals surface area contributed by atoms with Crippen molar-refractivity contribution < 1.29 is 4.39 Å². The Morgan fingerprint density at radius 2 is 2.05 bits per heavy atom. The van der Waals surface area contributed by atoms with Gasteiger partial charge in [0.15, 0.2) is 0 Å². The Morgan fingerprint density at radius 1 is 1.20 bits per heavy atom. The Hall–Kier alpha value is -1.23. The van der Waals surface area contributed by atoms with Crippen LogP contribution in [0.15, 0.2) is 52.3 Å². The standard InChI is InChI=1S/C16H13BrFNS/c1-19-15(11-5-6-14(18)13(17)9-11)12-4-2-3-10-7-8-20-16(10)12/h2-9,15,19H,1H3.